The number of hydrogen-bond donors (Lipinski definition) is 2. The molecule has 0 aliphatic heterocycles. The highest BCUT2D eigenvalue weighted by Crippen LogP contribution is 2.20. The molecule has 19 heavy (non-hydrogen) atoms. The lowest BCUT2D eigenvalue weighted by molar-refractivity contribution is -0.117. The lowest BCUT2D eigenvalue weighted by Gasteiger charge is -2.11. The molecule has 0 aromatic heterocycles. The number of benzene rings is 1. The first-order chi connectivity index (χ1) is 8.78. The summed E-state index contributed by atoms with van der Waals surface area (Å²) in [5.41, 5.74) is 0.334. The first-order valence-corrected chi connectivity index (χ1v) is 6.94. The van der Waals surface area contributed by atoms with Gasteiger partial charge in [-0.3, -0.25) is 4.79 Å². The van der Waals surface area contributed by atoms with E-state index in [1.165, 1.54) is 12.1 Å². The van der Waals surface area contributed by atoms with Gasteiger partial charge in [-0.15, -0.1) is 0 Å². The Kier molecular flexibility index (Phi) is 4.96. The molecular weight excluding hydrogens is 278 g/mol. The molecule has 0 aliphatic rings. The maximum Gasteiger partial charge on any atom is 0.341 e. The molecule has 8 heteroatoms. The van der Waals surface area contributed by atoms with Gasteiger partial charge in [0.1, 0.15) is 0 Å². The zero-order valence-electron chi connectivity index (χ0n) is 10.4. The van der Waals surface area contributed by atoms with Crippen molar-refractivity contribution in [2.24, 2.45) is 0 Å². The Morgan fingerprint density at radius 3 is 2.16 bits per heavy atom. The maximum atomic E-state index is 12.3. The fraction of sp³-hybridized carbons (Fsp3) is 0.364. The Labute approximate surface area is 109 Å². The van der Waals surface area contributed by atoms with Gasteiger partial charge in [0, 0.05) is 5.69 Å². The van der Waals surface area contributed by atoms with E-state index in [2.05, 4.69) is 10.6 Å². The minimum atomic E-state index is -4.60. The molecule has 0 aliphatic carbocycles. The SMILES string of the molecule is CNC(C)C(=O)Nc1ccc(S(=O)(=O)C(F)F)cc1. The van der Waals surface area contributed by atoms with E-state index in [1.807, 2.05) is 0 Å². The largest absolute Gasteiger partial charge is 0.341 e. The van der Waals surface area contributed by atoms with Gasteiger partial charge < -0.3 is 10.6 Å². The summed E-state index contributed by atoms with van der Waals surface area (Å²) in [6.07, 6.45) is 0. The highest BCUT2D eigenvalue weighted by atomic mass is 32.2. The topological polar surface area (TPSA) is 75.3 Å². The number of amides is 1. The van der Waals surface area contributed by atoms with Crippen molar-refractivity contribution >= 4 is 21.4 Å². The van der Waals surface area contributed by atoms with E-state index in [1.54, 1.807) is 14.0 Å². The van der Waals surface area contributed by atoms with Crippen LogP contribution in [0.3, 0.4) is 0 Å². The standard InChI is InChI=1S/C11H14F2N2O3S/c1-7(14-2)10(16)15-8-3-5-9(6-4-8)19(17,18)11(12)13/h3-7,11,14H,1-2H3,(H,15,16). The van der Waals surface area contributed by atoms with Gasteiger partial charge in [0.05, 0.1) is 10.9 Å². The van der Waals surface area contributed by atoms with Crippen molar-refractivity contribution in [1.82, 2.24) is 5.32 Å². The minimum absolute atomic E-state index is 0.313. The molecular formula is C11H14F2N2O3S. The first-order valence-electron chi connectivity index (χ1n) is 5.39. The highest BCUT2D eigenvalue weighted by Gasteiger charge is 2.26. The predicted molar refractivity (Wildman–Crippen MR) is 66.8 cm³/mol. The van der Waals surface area contributed by atoms with Gasteiger partial charge in [0.25, 0.3) is 0 Å². The van der Waals surface area contributed by atoms with Crippen LogP contribution in [0.1, 0.15) is 6.92 Å². The molecule has 1 unspecified atom stereocenters. The smallest absolute Gasteiger partial charge is 0.325 e. The molecule has 1 atom stereocenters. The summed E-state index contributed by atoms with van der Waals surface area (Å²) in [5, 5.41) is 5.25. The van der Waals surface area contributed by atoms with Gasteiger partial charge in [-0.2, -0.15) is 8.78 Å². The molecule has 1 rings (SSSR count). The summed E-state index contributed by atoms with van der Waals surface area (Å²) in [4.78, 5) is 11.0. The summed E-state index contributed by atoms with van der Waals surface area (Å²) in [6.45, 7) is 1.64. The number of hydrogen-bond acceptors (Lipinski definition) is 4. The minimum Gasteiger partial charge on any atom is -0.325 e. The summed E-state index contributed by atoms with van der Waals surface area (Å²) in [6, 6.07) is 4.15. The molecule has 0 saturated carbocycles. The van der Waals surface area contributed by atoms with Gasteiger partial charge in [-0.25, -0.2) is 8.42 Å². The Morgan fingerprint density at radius 1 is 1.21 bits per heavy atom. The number of carbonyl (C=O) groups excluding carboxylic acids is 1. The Bertz CT molecular complexity index is 544. The van der Waals surface area contributed by atoms with Crippen molar-refractivity contribution in [1.29, 1.82) is 0 Å². The van der Waals surface area contributed by atoms with Crippen LogP contribution >= 0.6 is 0 Å². The third-order valence-corrected chi connectivity index (χ3v) is 3.91. The van der Waals surface area contributed by atoms with Crippen LogP contribution in [-0.2, 0) is 14.6 Å². The average molecular weight is 292 g/mol. The molecule has 0 bridgehead atoms. The normalized spacial score (nSPS) is 13.3. The molecule has 0 heterocycles. The van der Waals surface area contributed by atoms with E-state index >= 15 is 0 Å². The number of alkyl halides is 2. The number of nitrogens with one attached hydrogen (secondary N) is 2. The Balaban J connectivity index is 2.86. The molecule has 0 saturated heterocycles. The maximum absolute atomic E-state index is 12.3. The van der Waals surface area contributed by atoms with Gasteiger partial charge >= 0.3 is 5.76 Å². The van der Waals surface area contributed by atoms with Gasteiger partial charge in [0.2, 0.25) is 15.7 Å². The molecule has 1 aromatic rings. The number of carbonyl (C=O) groups is 1. The second-order valence-corrected chi connectivity index (χ2v) is 5.75. The fourth-order valence-corrected chi connectivity index (χ4v) is 1.93. The molecule has 5 nitrogen and oxygen atoms in total. The molecule has 0 spiro atoms. The van der Waals surface area contributed by atoms with E-state index in [0.717, 1.165) is 12.1 Å². The zero-order chi connectivity index (χ0) is 14.6. The number of likely N-dealkylation sites (N-methyl/N-ethyl adjacent to an activating group) is 1. The summed E-state index contributed by atoms with van der Waals surface area (Å²) in [7, 11) is -2.99. The zero-order valence-corrected chi connectivity index (χ0v) is 11.2. The first kappa shape index (κ1) is 15.5. The highest BCUT2D eigenvalue weighted by molar-refractivity contribution is 7.91. The third-order valence-electron chi connectivity index (χ3n) is 2.51. The lowest BCUT2D eigenvalue weighted by Crippen LogP contribution is -2.35. The van der Waals surface area contributed by atoms with E-state index in [4.69, 9.17) is 0 Å². The van der Waals surface area contributed by atoms with Crippen LogP contribution in [0, 0.1) is 0 Å². The summed E-state index contributed by atoms with van der Waals surface area (Å²) in [5.74, 6) is -3.77. The number of anilines is 1. The van der Waals surface area contributed by atoms with Gasteiger partial charge in [-0.1, -0.05) is 0 Å². The number of rotatable bonds is 5. The van der Waals surface area contributed by atoms with Crippen LogP contribution in [0.15, 0.2) is 29.2 Å². The second kappa shape index (κ2) is 6.07. The van der Waals surface area contributed by atoms with Crippen LogP contribution < -0.4 is 10.6 Å². The Morgan fingerprint density at radius 2 is 1.74 bits per heavy atom. The van der Waals surface area contributed by atoms with Crippen LogP contribution in [0.2, 0.25) is 0 Å². The average Bonchev–Trinajstić information content (AvgIpc) is 2.38. The van der Waals surface area contributed by atoms with Crippen molar-refractivity contribution in [3.8, 4) is 0 Å². The predicted octanol–water partition coefficient (Wildman–Crippen LogP) is 1.23. The summed E-state index contributed by atoms with van der Waals surface area (Å²) >= 11 is 0. The molecule has 1 amide bonds. The second-order valence-electron chi connectivity index (χ2n) is 3.83. The molecule has 0 fully saturated rings. The van der Waals surface area contributed by atoms with Crippen LogP contribution in [0.4, 0.5) is 14.5 Å². The molecule has 106 valence electrons. The third kappa shape index (κ3) is 3.71. The van der Waals surface area contributed by atoms with Crippen molar-refractivity contribution in [2.45, 2.75) is 23.6 Å². The lowest BCUT2D eigenvalue weighted by atomic mass is 10.3. The van der Waals surface area contributed by atoms with Crippen molar-refractivity contribution in [3.05, 3.63) is 24.3 Å². The quantitative estimate of drug-likeness (QED) is 0.856. The monoisotopic (exact) mass is 292 g/mol. The van der Waals surface area contributed by atoms with E-state index < -0.39 is 26.5 Å². The molecule has 2 N–H and O–H groups in total. The van der Waals surface area contributed by atoms with Crippen molar-refractivity contribution in [2.75, 3.05) is 12.4 Å². The van der Waals surface area contributed by atoms with E-state index in [-0.39, 0.29) is 5.91 Å². The fourth-order valence-electron chi connectivity index (χ4n) is 1.21. The van der Waals surface area contributed by atoms with Crippen molar-refractivity contribution < 1.29 is 22.0 Å². The van der Waals surface area contributed by atoms with Crippen LogP contribution in [-0.4, -0.2) is 33.2 Å². The van der Waals surface area contributed by atoms with E-state index in [9.17, 15) is 22.0 Å². The van der Waals surface area contributed by atoms with Crippen LogP contribution in [0.25, 0.3) is 0 Å². The summed E-state index contributed by atoms with van der Waals surface area (Å²) < 4.78 is 46.9. The van der Waals surface area contributed by atoms with Crippen LogP contribution in [0.5, 0.6) is 0 Å². The number of sulfone groups is 1. The van der Waals surface area contributed by atoms with Crippen molar-refractivity contribution in [3.63, 3.8) is 0 Å². The molecule has 1 aromatic carbocycles. The van der Waals surface area contributed by atoms with Gasteiger partial charge in [0.15, 0.2) is 0 Å². The molecule has 0 radical (unpaired) electrons. The van der Waals surface area contributed by atoms with E-state index in [0.29, 0.717) is 5.69 Å². The Hall–Kier alpha value is -1.54. The van der Waals surface area contributed by atoms with Gasteiger partial charge in [-0.05, 0) is 38.2 Å². The number of halogens is 2.